The smallest absolute Gasteiger partial charge is 0.0359 e. The highest BCUT2D eigenvalue weighted by Crippen LogP contribution is 2.39. The highest BCUT2D eigenvalue weighted by atomic mass is 32.2. The third kappa shape index (κ3) is 4.12. The zero-order valence-corrected chi connectivity index (χ0v) is 13.4. The molecule has 0 amide bonds. The van der Waals surface area contributed by atoms with Gasteiger partial charge >= 0.3 is 0 Å². The molecule has 110 valence electrons. The van der Waals surface area contributed by atoms with Crippen LogP contribution in [0.15, 0.2) is 59.5 Å². The van der Waals surface area contributed by atoms with Crippen LogP contribution < -0.4 is 5.32 Å². The van der Waals surface area contributed by atoms with E-state index in [0.29, 0.717) is 11.3 Å². The van der Waals surface area contributed by atoms with Gasteiger partial charge in [-0.1, -0.05) is 48.0 Å². The van der Waals surface area contributed by atoms with Crippen LogP contribution in [0.4, 0.5) is 0 Å². The van der Waals surface area contributed by atoms with E-state index < -0.39 is 0 Å². The van der Waals surface area contributed by atoms with Gasteiger partial charge in [-0.15, -0.1) is 11.8 Å². The van der Waals surface area contributed by atoms with Crippen molar-refractivity contribution < 1.29 is 0 Å². The fraction of sp³-hybridized carbons (Fsp3) is 0.368. The molecule has 2 unspecified atom stereocenters. The molecule has 1 saturated heterocycles. The molecule has 0 aliphatic carbocycles. The lowest BCUT2D eigenvalue weighted by Gasteiger charge is -2.21. The van der Waals surface area contributed by atoms with Gasteiger partial charge in [0.1, 0.15) is 0 Å². The predicted molar refractivity (Wildman–Crippen MR) is 91.9 cm³/mol. The van der Waals surface area contributed by atoms with Crippen LogP contribution in [0.5, 0.6) is 0 Å². The van der Waals surface area contributed by atoms with Crippen molar-refractivity contribution >= 4 is 11.8 Å². The zero-order valence-electron chi connectivity index (χ0n) is 12.6. The molecule has 0 aromatic heterocycles. The molecule has 2 atom stereocenters. The van der Waals surface area contributed by atoms with E-state index in [4.69, 9.17) is 0 Å². The van der Waals surface area contributed by atoms with Crippen LogP contribution in [0.25, 0.3) is 0 Å². The van der Waals surface area contributed by atoms with Crippen molar-refractivity contribution in [3.05, 3.63) is 65.7 Å². The Hall–Kier alpha value is -1.25. The van der Waals surface area contributed by atoms with Crippen molar-refractivity contribution in [2.24, 2.45) is 0 Å². The molecule has 1 fully saturated rings. The second-order valence-electron chi connectivity index (χ2n) is 5.86. The minimum atomic E-state index is 0.532. The molecule has 1 aliphatic heterocycles. The van der Waals surface area contributed by atoms with Crippen molar-refractivity contribution in [2.45, 2.75) is 42.4 Å². The second-order valence-corrected chi connectivity index (χ2v) is 7.14. The van der Waals surface area contributed by atoms with Crippen LogP contribution in [0.3, 0.4) is 0 Å². The Labute approximate surface area is 132 Å². The van der Waals surface area contributed by atoms with Gasteiger partial charge in [0.15, 0.2) is 0 Å². The van der Waals surface area contributed by atoms with Gasteiger partial charge in [-0.2, -0.15) is 0 Å². The lowest BCUT2D eigenvalue weighted by Crippen LogP contribution is -2.23. The Bertz CT molecular complexity index is 544. The first-order chi connectivity index (χ1) is 10.3. The molecule has 2 aromatic carbocycles. The fourth-order valence-electron chi connectivity index (χ4n) is 2.92. The third-order valence-electron chi connectivity index (χ3n) is 4.13. The molecule has 21 heavy (non-hydrogen) atoms. The van der Waals surface area contributed by atoms with E-state index in [-0.39, 0.29) is 0 Å². The summed E-state index contributed by atoms with van der Waals surface area (Å²) in [6.45, 7) is 3.33. The molecule has 2 heteroatoms. The van der Waals surface area contributed by atoms with Gasteiger partial charge in [0, 0.05) is 16.2 Å². The molecular formula is C19H23NS. The van der Waals surface area contributed by atoms with E-state index >= 15 is 0 Å². The number of benzene rings is 2. The Kier molecular flexibility index (Phi) is 5.00. The standard InChI is InChI=1S/C19H23NS/c1-15-9-11-18(12-10-15)21-19(14-17-8-5-13-20-17)16-6-3-2-4-7-16/h2-4,6-7,9-12,17,19-20H,5,8,13-14H2,1H3. The monoisotopic (exact) mass is 297 g/mol. The van der Waals surface area contributed by atoms with E-state index in [1.807, 2.05) is 11.8 Å². The summed E-state index contributed by atoms with van der Waals surface area (Å²) in [5.74, 6) is 0. The lowest BCUT2D eigenvalue weighted by molar-refractivity contribution is 0.553. The maximum Gasteiger partial charge on any atom is 0.0359 e. The van der Waals surface area contributed by atoms with Crippen LogP contribution in [-0.4, -0.2) is 12.6 Å². The summed E-state index contributed by atoms with van der Waals surface area (Å²) in [6.07, 6.45) is 3.85. The molecule has 0 saturated carbocycles. The number of aryl methyl sites for hydroxylation is 1. The van der Waals surface area contributed by atoms with E-state index in [2.05, 4.69) is 66.8 Å². The summed E-state index contributed by atoms with van der Waals surface area (Å²) in [6, 6.07) is 20.5. The Morgan fingerprint density at radius 2 is 1.86 bits per heavy atom. The SMILES string of the molecule is Cc1ccc(SC(CC2CCCN2)c2ccccc2)cc1. The molecule has 1 heterocycles. The van der Waals surface area contributed by atoms with E-state index in [0.717, 1.165) is 0 Å². The Morgan fingerprint density at radius 3 is 2.52 bits per heavy atom. The molecule has 1 aliphatic rings. The summed E-state index contributed by atoms with van der Waals surface area (Å²) in [7, 11) is 0. The van der Waals surface area contributed by atoms with Crippen LogP contribution in [-0.2, 0) is 0 Å². The number of thioether (sulfide) groups is 1. The minimum absolute atomic E-state index is 0.532. The molecule has 0 bridgehead atoms. The second kappa shape index (κ2) is 7.15. The van der Waals surface area contributed by atoms with Crippen LogP contribution in [0, 0.1) is 6.92 Å². The minimum Gasteiger partial charge on any atom is -0.314 e. The summed E-state index contributed by atoms with van der Waals surface area (Å²) in [5.41, 5.74) is 2.77. The predicted octanol–water partition coefficient (Wildman–Crippen LogP) is 4.97. The van der Waals surface area contributed by atoms with Gasteiger partial charge < -0.3 is 5.32 Å². The molecular weight excluding hydrogens is 274 g/mol. The van der Waals surface area contributed by atoms with E-state index in [1.54, 1.807) is 0 Å². The van der Waals surface area contributed by atoms with Gasteiger partial charge in [-0.05, 0) is 50.4 Å². The van der Waals surface area contributed by atoms with Crippen molar-refractivity contribution in [1.82, 2.24) is 5.32 Å². The van der Waals surface area contributed by atoms with Gasteiger partial charge in [0.25, 0.3) is 0 Å². The van der Waals surface area contributed by atoms with Crippen LogP contribution in [0.2, 0.25) is 0 Å². The lowest BCUT2D eigenvalue weighted by atomic mass is 10.0. The summed E-state index contributed by atoms with van der Waals surface area (Å²) >= 11 is 2.00. The normalized spacial score (nSPS) is 19.6. The molecule has 0 radical (unpaired) electrons. The highest BCUT2D eigenvalue weighted by molar-refractivity contribution is 7.99. The van der Waals surface area contributed by atoms with Gasteiger partial charge in [0.2, 0.25) is 0 Å². The maximum absolute atomic E-state index is 3.64. The maximum atomic E-state index is 3.64. The molecule has 0 spiro atoms. The van der Waals surface area contributed by atoms with Crippen molar-refractivity contribution in [2.75, 3.05) is 6.54 Å². The zero-order chi connectivity index (χ0) is 14.5. The third-order valence-corrected chi connectivity index (χ3v) is 5.43. The van der Waals surface area contributed by atoms with Crippen LogP contribution in [0.1, 0.15) is 35.6 Å². The quantitative estimate of drug-likeness (QED) is 0.782. The topological polar surface area (TPSA) is 12.0 Å². The van der Waals surface area contributed by atoms with Crippen molar-refractivity contribution in [1.29, 1.82) is 0 Å². The molecule has 2 aromatic rings. The first kappa shape index (κ1) is 14.7. The van der Waals surface area contributed by atoms with E-state index in [9.17, 15) is 0 Å². The number of hydrogen-bond donors (Lipinski definition) is 1. The Morgan fingerprint density at radius 1 is 1.10 bits per heavy atom. The fourth-order valence-corrected chi connectivity index (χ4v) is 4.16. The summed E-state index contributed by atoms with van der Waals surface area (Å²) in [5, 5.41) is 4.17. The Balaban J connectivity index is 1.76. The summed E-state index contributed by atoms with van der Waals surface area (Å²) in [4.78, 5) is 1.37. The first-order valence-corrected chi connectivity index (χ1v) is 8.71. The number of rotatable bonds is 5. The van der Waals surface area contributed by atoms with Gasteiger partial charge in [-0.3, -0.25) is 0 Å². The largest absolute Gasteiger partial charge is 0.314 e. The average molecular weight is 297 g/mol. The number of hydrogen-bond acceptors (Lipinski definition) is 2. The average Bonchev–Trinajstić information content (AvgIpc) is 3.03. The molecule has 1 nitrogen and oxygen atoms in total. The number of nitrogens with one attached hydrogen (secondary N) is 1. The summed E-state index contributed by atoms with van der Waals surface area (Å²) < 4.78 is 0. The molecule has 3 rings (SSSR count). The van der Waals surface area contributed by atoms with Crippen molar-refractivity contribution in [3.8, 4) is 0 Å². The van der Waals surface area contributed by atoms with Gasteiger partial charge in [0.05, 0.1) is 0 Å². The first-order valence-electron chi connectivity index (χ1n) is 7.83. The van der Waals surface area contributed by atoms with Gasteiger partial charge in [-0.25, -0.2) is 0 Å². The van der Waals surface area contributed by atoms with Crippen LogP contribution >= 0.6 is 11.8 Å². The van der Waals surface area contributed by atoms with E-state index in [1.165, 1.54) is 41.8 Å². The molecule has 1 N–H and O–H groups in total. The van der Waals surface area contributed by atoms with Crippen molar-refractivity contribution in [3.63, 3.8) is 0 Å². The highest BCUT2D eigenvalue weighted by Gasteiger charge is 2.21.